The Morgan fingerprint density at radius 1 is 0.577 bits per heavy atom. The number of methoxy groups -OCH3 is 2. The van der Waals surface area contributed by atoms with Crippen molar-refractivity contribution in [3.05, 3.63) is 59.7 Å². The lowest BCUT2D eigenvalue weighted by molar-refractivity contribution is -0.195. The molecule has 0 radical (unpaired) electrons. The Kier molecular flexibility index (Phi) is 2.82. The zero-order valence-electron chi connectivity index (χ0n) is 15.6. The highest BCUT2D eigenvalue weighted by Crippen LogP contribution is 2.89. The van der Waals surface area contributed by atoms with E-state index in [9.17, 15) is 0 Å². The molecule has 2 aromatic carbocycles. The number of benzene rings is 2. The summed E-state index contributed by atoms with van der Waals surface area (Å²) in [7, 11) is 3.51. The molecule has 4 fully saturated rings. The molecule has 2 heteroatoms. The van der Waals surface area contributed by atoms with Crippen LogP contribution in [0.4, 0.5) is 0 Å². The third-order valence-corrected chi connectivity index (χ3v) is 8.71. The van der Waals surface area contributed by atoms with E-state index in [-0.39, 0.29) is 0 Å². The van der Waals surface area contributed by atoms with Gasteiger partial charge in [0, 0.05) is 10.8 Å². The molecule has 4 saturated carbocycles. The fourth-order valence-electron chi connectivity index (χ4n) is 8.36. The first kappa shape index (κ1) is 15.1. The van der Waals surface area contributed by atoms with Crippen LogP contribution in [0.1, 0.15) is 36.8 Å². The molecule has 134 valence electrons. The molecule has 4 atom stereocenters. The Labute approximate surface area is 155 Å². The molecule has 4 unspecified atom stereocenters. The van der Waals surface area contributed by atoms with Crippen molar-refractivity contribution in [3.8, 4) is 11.5 Å². The Hall–Kier alpha value is -1.96. The van der Waals surface area contributed by atoms with Crippen LogP contribution in [0.3, 0.4) is 0 Å². The van der Waals surface area contributed by atoms with Crippen LogP contribution in [0.25, 0.3) is 0 Å². The van der Waals surface area contributed by atoms with Crippen molar-refractivity contribution in [2.24, 2.45) is 23.7 Å². The molecule has 0 aromatic heterocycles. The van der Waals surface area contributed by atoms with Gasteiger partial charge in [-0.25, -0.2) is 0 Å². The molecule has 0 N–H and O–H groups in total. The molecule has 2 aromatic rings. The molecule has 2 nitrogen and oxygen atoms in total. The molecule has 0 spiro atoms. The lowest BCUT2D eigenvalue weighted by Crippen LogP contribution is -2.80. The van der Waals surface area contributed by atoms with Crippen molar-refractivity contribution in [1.29, 1.82) is 0 Å². The lowest BCUT2D eigenvalue weighted by Gasteiger charge is -2.78. The zero-order chi connectivity index (χ0) is 17.5. The Morgan fingerprint density at radius 2 is 0.885 bits per heavy atom. The van der Waals surface area contributed by atoms with Crippen molar-refractivity contribution in [3.63, 3.8) is 0 Å². The first-order valence-corrected chi connectivity index (χ1v) is 10.1. The summed E-state index contributed by atoms with van der Waals surface area (Å²) in [5, 5.41) is 0. The van der Waals surface area contributed by atoms with Gasteiger partial charge in [0.1, 0.15) is 11.5 Å². The summed E-state index contributed by atoms with van der Waals surface area (Å²) in [4.78, 5) is 0. The second-order valence-electron chi connectivity index (χ2n) is 8.78. The Balaban J connectivity index is 1.53. The van der Waals surface area contributed by atoms with E-state index in [1.165, 1.54) is 25.7 Å². The number of ether oxygens (including phenoxy) is 2. The van der Waals surface area contributed by atoms with E-state index in [0.29, 0.717) is 10.8 Å². The van der Waals surface area contributed by atoms with E-state index in [4.69, 9.17) is 9.47 Å². The summed E-state index contributed by atoms with van der Waals surface area (Å²) in [6, 6.07) is 18.1. The molecule has 0 saturated heterocycles. The van der Waals surface area contributed by atoms with Crippen LogP contribution in [0.15, 0.2) is 48.5 Å². The number of fused-ring (bicyclic) bond motifs is 2. The van der Waals surface area contributed by atoms with Crippen LogP contribution >= 0.6 is 0 Å². The topological polar surface area (TPSA) is 18.5 Å². The van der Waals surface area contributed by atoms with Gasteiger partial charge >= 0.3 is 0 Å². The first-order valence-electron chi connectivity index (χ1n) is 10.1. The highest BCUT2D eigenvalue weighted by atomic mass is 16.5. The van der Waals surface area contributed by atoms with Gasteiger partial charge in [-0.05, 0) is 84.7 Å². The standard InChI is InChI=1S/C24H26O2/c1-25-17-7-3-15(4-8-17)23-19-11-12-20(23)22-14-13-21(19)24(22,23)16-5-9-18(26-2)10-6-16/h3-10,19-22H,11-14H2,1-2H3. The maximum atomic E-state index is 5.42. The summed E-state index contributed by atoms with van der Waals surface area (Å²) in [5.74, 6) is 5.44. The minimum Gasteiger partial charge on any atom is -0.497 e. The predicted molar refractivity (Wildman–Crippen MR) is 102 cm³/mol. The summed E-state index contributed by atoms with van der Waals surface area (Å²) in [6.07, 6.45) is 5.71. The van der Waals surface area contributed by atoms with E-state index in [2.05, 4.69) is 48.5 Å². The van der Waals surface area contributed by atoms with Crippen LogP contribution in [-0.2, 0) is 10.8 Å². The summed E-state index contributed by atoms with van der Waals surface area (Å²) >= 11 is 0. The monoisotopic (exact) mass is 346 g/mol. The van der Waals surface area contributed by atoms with E-state index in [0.717, 1.165) is 35.2 Å². The van der Waals surface area contributed by atoms with Gasteiger partial charge in [-0.1, -0.05) is 24.3 Å². The normalized spacial score (nSPS) is 41.2. The smallest absolute Gasteiger partial charge is 0.118 e. The quantitative estimate of drug-likeness (QED) is 0.779. The Bertz CT molecular complexity index is 757. The lowest BCUT2D eigenvalue weighted by atomic mass is 9.24. The SMILES string of the molecule is COc1ccc(C23C4CCC2C2CCC4C23c2ccc(OC)cc2)cc1. The van der Waals surface area contributed by atoms with Crippen molar-refractivity contribution in [2.75, 3.05) is 14.2 Å². The molecule has 0 aliphatic heterocycles. The summed E-state index contributed by atoms with van der Waals surface area (Å²) in [5.41, 5.74) is 3.88. The average Bonchev–Trinajstić information content (AvgIpc) is 2.99. The molecule has 4 aliphatic carbocycles. The van der Waals surface area contributed by atoms with Crippen LogP contribution in [0.5, 0.6) is 11.5 Å². The maximum absolute atomic E-state index is 5.42. The van der Waals surface area contributed by atoms with Gasteiger partial charge in [-0.15, -0.1) is 0 Å². The Morgan fingerprint density at radius 3 is 1.15 bits per heavy atom. The van der Waals surface area contributed by atoms with Crippen LogP contribution in [0, 0.1) is 23.7 Å². The highest BCUT2D eigenvalue weighted by molar-refractivity contribution is 5.58. The van der Waals surface area contributed by atoms with Crippen molar-refractivity contribution in [1.82, 2.24) is 0 Å². The van der Waals surface area contributed by atoms with E-state index < -0.39 is 0 Å². The second kappa shape index (κ2) is 4.85. The zero-order valence-corrected chi connectivity index (χ0v) is 15.6. The fourth-order valence-corrected chi connectivity index (χ4v) is 8.36. The molecular weight excluding hydrogens is 320 g/mol. The minimum atomic E-state index is 0.375. The first-order chi connectivity index (χ1) is 12.8. The van der Waals surface area contributed by atoms with E-state index in [1.54, 1.807) is 25.3 Å². The largest absolute Gasteiger partial charge is 0.497 e. The van der Waals surface area contributed by atoms with Crippen LogP contribution < -0.4 is 9.47 Å². The molecule has 0 amide bonds. The van der Waals surface area contributed by atoms with Gasteiger partial charge in [0.25, 0.3) is 0 Å². The number of rotatable bonds is 4. The minimum absolute atomic E-state index is 0.375. The third kappa shape index (κ3) is 1.35. The van der Waals surface area contributed by atoms with Crippen molar-refractivity contribution in [2.45, 2.75) is 36.5 Å². The second-order valence-corrected chi connectivity index (χ2v) is 8.78. The van der Waals surface area contributed by atoms with Gasteiger partial charge in [0.15, 0.2) is 0 Å². The van der Waals surface area contributed by atoms with Crippen LogP contribution in [-0.4, -0.2) is 14.2 Å². The summed E-state index contributed by atoms with van der Waals surface area (Å²) < 4.78 is 10.8. The van der Waals surface area contributed by atoms with Gasteiger partial charge in [0.05, 0.1) is 14.2 Å². The molecule has 0 heterocycles. The van der Waals surface area contributed by atoms with Gasteiger partial charge in [0.2, 0.25) is 0 Å². The van der Waals surface area contributed by atoms with Crippen molar-refractivity contribution >= 4 is 0 Å². The fraction of sp³-hybridized carbons (Fsp3) is 0.500. The molecule has 6 rings (SSSR count). The summed E-state index contributed by atoms with van der Waals surface area (Å²) in [6.45, 7) is 0. The van der Waals surface area contributed by atoms with Gasteiger partial charge in [-0.2, -0.15) is 0 Å². The van der Waals surface area contributed by atoms with Gasteiger partial charge < -0.3 is 9.47 Å². The van der Waals surface area contributed by atoms with Crippen LogP contribution in [0.2, 0.25) is 0 Å². The highest BCUT2D eigenvalue weighted by Gasteiger charge is 2.88. The molecule has 0 bridgehead atoms. The third-order valence-electron chi connectivity index (χ3n) is 8.71. The van der Waals surface area contributed by atoms with E-state index in [1.807, 2.05) is 0 Å². The maximum Gasteiger partial charge on any atom is 0.118 e. The average molecular weight is 346 g/mol. The van der Waals surface area contributed by atoms with E-state index >= 15 is 0 Å². The van der Waals surface area contributed by atoms with Crippen molar-refractivity contribution < 1.29 is 9.47 Å². The molecule has 26 heavy (non-hydrogen) atoms. The number of hydrogen-bond acceptors (Lipinski definition) is 2. The molecular formula is C24H26O2. The molecule has 4 aliphatic rings. The van der Waals surface area contributed by atoms with Gasteiger partial charge in [-0.3, -0.25) is 0 Å². The number of hydrogen-bond donors (Lipinski definition) is 0. The predicted octanol–water partition coefficient (Wildman–Crippen LogP) is 4.96.